The fraction of sp³-hybridized carbons (Fsp3) is 0.951. The Morgan fingerprint density at radius 1 is 0.366 bits per heavy atom. The predicted octanol–water partition coefficient (Wildman–Crippen LogP) is 15.6. The summed E-state index contributed by atoms with van der Waals surface area (Å²) in [7, 11) is 0. The molecule has 0 saturated carbocycles. The van der Waals surface area contributed by atoms with E-state index in [0.717, 1.165) is 5.92 Å². The molecule has 0 aromatic heterocycles. The Labute approximate surface area is 262 Å². The SMILES string of the molecule is CCCCCCCCCCCCC1=C(CCCCCCCCCCCC)C(CCCCCCCCCCCC)CC1. The number of rotatable bonds is 33. The van der Waals surface area contributed by atoms with Crippen molar-refractivity contribution in [1.29, 1.82) is 0 Å². The van der Waals surface area contributed by atoms with Crippen LogP contribution in [0.4, 0.5) is 0 Å². The molecule has 0 aromatic carbocycles. The van der Waals surface area contributed by atoms with Crippen LogP contribution in [-0.4, -0.2) is 0 Å². The number of unbranched alkanes of at least 4 members (excludes halogenated alkanes) is 27. The van der Waals surface area contributed by atoms with Crippen LogP contribution in [0.3, 0.4) is 0 Å². The maximum Gasteiger partial charge on any atom is -0.0198 e. The van der Waals surface area contributed by atoms with Gasteiger partial charge in [0.1, 0.15) is 0 Å². The molecule has 0 heteroatoms. The lowest BCUT2D eigenvalue weighted by Gasteiger charge is -2.17. The molecule has 1 unspecified atom stereocenters. The Hall–Kier alpha value is -0.260. The monoisotopic (exact) mass is 573 g/mol. The second-order valence-corrected chi connectivity index (χ2v) is 14.2. The van der Waals surface area contributed by atoms with Crippen molar-refractivity contribution >= 4 is 0 Å². The Morgan fingerprint density at radius 2 is 0.683 bits per heavy atom. The highest BCUT2D eigenvalue weighted by Crippen LogP contribution is 2.40. The lowest BCUT2D eigenvalue weighted by molar-refractivity contribution is 0.478. The lowest BCUT2D eigenvalue weighted by atomic mass is 9.89. The van der Waals surface area contributed by atoms with E-state index in [2.05, 4.69) is 20.8 Å². The normalized spacial score (nSPS) is 15.4. The van der Waals surface area contributed by atoms with Crippen molar-refractivity contribution in [2.75, 3.05) is 0 Å². The largest absolute Gasteiger partial charge is 0.0707 e. The molecular weight excluding hydrogens is 492 g/mol. The fourth-order valence-corrected chi connectivity index (χ4v) is 7.46. The molecule has 0 radical (unpaired) electrons. The summed E-state index contributed by atoms with van der Waals surface area (Å²) < 4.78 is 0. The minimum absolute atomic E-state index is 0.959. The van der Waals surface area contributed by atoms with Gasteiger partial charge in [-0.3, -0.25) is 0 Å². The summed E-state index contributed by atoms with van der Waals surface area (Å²) in [6.07, 6.45) is 51.3. The molecule has 0 aromatic rings. The molecule has 244 valence electrons. The van der Waals surface area contributed by atoms with Gasteiger partial charge in [-0.1, -0.05) is 212 Å². The lowest BCUT2D eigenvalue weighted by Crippen LogP contribution is -2.01. The van der Waals surface area contributed by atoms with E-state index in [0.29, 0.717) is 0 Å². The van der Waals surface area contributed by atoms with E-state index < -0.39 is 0 Å². The third kappa shape index (κ3) is 23.8. The van der Waals surface area contributed by atoms with Gasteiger partial charge in [-0.05, 0) is 50.9 Å². The molecule has 0 bridgehead atoms. The molecule has 1 aliphatic carbocycles. The smallest absolute Gasteiger partial charge is 0.0198 e. The maximum atomic E-state index is 2.32. The number of allylic oxidation sites excluding steroid dienone is 2. The number of hydrogen-bond donors (Lipinski definition) is 0. The summed E-state index contributed by atoms with van der Waals surface area (Å²) in [5.41, 5.74) is 3.92. The van der Waals surface area contributed by atoms with Gasteiger partial charge in [-0.25, -0.2) is 0 Å². The summed E-state index contributed by atoms with van der Waals surface area (Å²) in [5.74, 6) is 0.959. The summed E-state index contributed by atoms with van der Waals surface area (Å²) in [6, 6.07) is 0. The molecule has 1 aliphatic rings. The van der Waals surface area contributed by atoms with Crippen molar-refractivity contribution in [3.8, 4) is 0 Å². The minimum atomic E-state index is 0.959. The second-order valence-electron chi connectivity index (χ2n) is 14.2. The maximum absolute atomic E-state index is 2.32. The average Bonchev–Trinajstić information content (AvgIpc) is 3.37. The van der Waals surface area contributed by atoms with Gasteiger partial charge < -0.3 is 0 Å². The van der Waals surface area contributed by atoms with Gasteiger partial charge in [0.2, 0.25) is 0 Å². The fourth-order valence-electron chi connectivity index (χ4n) is 7.46. The molecule has 1 rings (SSSR count). The molecule has 0 spiro atoms. The van der Waals surface area contributed by atoms with Crippen molar-refractivity contribution in [2.45, 2.75) is 245 Å². The molecule has 0 N–H and O–H groups in total. The van der Waals surface area contributed by atoms with Crippen LogP contribution in [0.25, 0.3) is 0 Å². The summed E-state index contributed by atoms with van der Waals surface area (Å²) in [6.45, 7) is 6.97. The highest BCUT2D eigenvalue weighted by atomic mass is 14.3. The van der Waals surface area contributed by atoms with Crippen LogP contribution in [0.1, 0.15) is 245 Å². The van der Waals surface area contributed by atoms with Gasteiger partial charge in [-0.15, -0.1) is 0 Å². The molecule has 0 heterocycles. The van der Waals surface area contributed by atoms with Gasteiger partial charge in [0.25, 0.3) is 0 Å². The summed E-state index contributed by atoms with van der Waals surface area (Å²) in [5, 5.41) is 0. The molecule has 0 nitrogen and oxygen atoms in total. The van der Waals surface area contributed by atoms with E-state index >= 15 is 0 Å². The minimum Gasteiger partial charge on any atom is -0.0707 e. The predicted molar refractivity (Wildman–Crippen MR) is 189 cm³/mol. The van der Waals surface area contributed by atoms with Gasteiger partial charge in [0, 0.05) is 0 Å². The van der Waals surface area contributed by atoms with E-state index in [1.807, 2.05) is 11.1 Å². The van der Waals surface area contributed by atoms with Crippen molar-refractivity contribution in [1.82, 2.24) is 0 Å². The third-order valence-corrected chi connectivity index (χ3v) is 10.3. The van der Waals surface area contributed by atoms with Crippen LogP contribution in [-0.2, 0) is 0 Å². The zero-order valence-electron chi connectivity index (χ0n) is 29.3. The van der Waals surface area contributed by atoms with E-state index in [-0.39, 0.29) is 0 Å². The van der Waals surface area contributed by atoms with Crippen LogP contribution in [0, 0.1) is 5.92 Å². The summed E-state index contributed by atoms with van der Waals surface area (Å²) >= 11 is 0. The van der Waals surface area contributed by atoms with E-state index in [9.17, 15) is 0 Å². The van der Waals surface area contributed by atoms with Gasteiger partial charge in [0.05, 0.1) is 0 Å². The van der Waals surface area contributed by atoms with Crippen molar-refractivity contribution in [2.24, 2.45) is 5.92 Å². The Balaban J connectivity index is 2.29. The Bertz CT molecular complexity index is 542. The van der Waals surface area contributed by atoms with Crippen LogP contribution >= 0.6 is 0 Å². The molecule has 41 heavy (non-hydrogen) atoms. The topological polar surface area (TPSA) is 0 Å². The summed E-state index contributed by atoms with van der Waals surface area (Å²) in [4.78, 5) is 0. The van der Waals surface area contributed by atoms with Crippen LogP contribution in [0.5, 0.6) is 0 Å². The van der Waals surface area contributed by atoms with Crippen molar-refractivity contribution in [3.63, 3.8) is 0 Å². The van der Waals surface area contributed by atoms with Crippen LogP contribution < -0.4 is 0 Å². The van der Waals surface area contributed by atoms with E-state index in [1.54, 1.807) is 0 Å². The van der Waals surface area contributed by atoms with Gasteiger partial charge >= 0.3 is 0 Å². The Morgan fingerprint density at radius 3 is 1.07 bits per heavy atom. The van der Waals surface area contributed by atoms with Gasteiger partial charge in [-0.2, -0.15) is 0 Å². The van der Waals surface area contributed by atoms with E-state index in [4.69, 9.17) is 0 Å². The zero-order valence-corrected chi connectivity index (χ0v) is 29.3. The van der Waals surface area contributed by atoms with Gasteiger partial charge in [0.15, 0.2) is 0 Å². The molecule has 1 atom stereocenters. The molecule has 0 saturated heterocycles. The molecule has 0 fully saturated rings. The zero-order chi connectivity index (χ0) is 29.5. The van der Waals surface area contributed by atoms with Crippen molar-refractivity contribution in [3.05, 3.63) is 11.1 Å². The second kappa shape index (κ2) is 31.2. The third-order valence-electron chi connectivity index (χ3n) is 10.3. The first-order chi connectivity index (χ1) is 20.3. The molecular formula is C41H80. The number of hydrogen-bond acceptors (Lipinski definition) is 0. The first-order valence-electron chi connectivity index (χ1n) is 20.0. The van der Waals surface area contributed by atoms with E-state index in [1.165, 1.54) is 225 Å². The molecule has 0 amide bonds. The first-order valence-corrected chi connectivity index (χ1v) is 20.0. The molecule has 0 aliphatic heterocycles. The quantitative estimate of drug-likeness (QED) is 0.0542. The average molecular weight is 573 g/mol. The van der Waals surface area contributed by atoms with Crippen LogP contribution in [0.2, 0.25) is 0 Å². The van der Waals surface area contributed by atoms with Crippen LogP contribution in [0.15, 0.2) is 11.1 Å². The highest BCUT2D eigenvalue weighted by Gasteiger charge is 2.24. The highest BCUT2D eigenvalue weighted by molar-refractivity contribution is 5.23. The van der Waals surface area contributed by atoms with Crippen molar-refractivity contribution < 1.29 is 0 Å². The standard InChI is InChI=1S/C41H80/c1-4-7-10-13-16-19-22-25-28-31-34-39-37-38-40(35-32-29-26-23-20-17-14-11-8-5-2)41(39)36-33-30-27-24-21-18-15-12-9-6-3/h39H,4-38H2,1-3H3. The Kier molecular flexibility index (Phi) is 29.5. The first kappa shape index (κ1) is 38.8.